The Hall–Kier alpha value is -14.4. The molecule has 0 fully saturated rings. The van der Waals surface area contributed by atoms with E-state index in [0.29, 0.717) is 0 Å². The number of hydrogen-bond donors (Lipinski definition) is 0. The lowest BCUT2D eigenvalue weighted by Gasteiger charge is -2.34. The molecule has 0 bridgehead atoms. The van der Waals surface area contributed by atoms with Gasteiger partial charge in [-0.15, -0.1) is 0 Å². The predicted octanol–water partition coefficient (Wildman–Crippen LogP) is 31.5. The van der Waals surface area contributed by atoms with Crippen molar-refractivity contribution in [2.24, 2.45) is 0 Å². The summed E-state index contributed by atoms with van der Waals surface area (Å²) in [7, 11) is 0. The Labute approximate surface area is 731 Å². The van der Waals surface area contributed by atoms with E-state index in [1.165, 1.54) is 200 Å². The van der Waals surface area contributed by atoms with Crippen LogP contribution in [-0.4, -0.2) is 9.13 Å². The van der Waals surface area contributed by atoms with Crippen LogP contribution in [0, 0.1) is 41.5 Å². The highest BCUT2D eigenvalue weighted by Gasteiger charge is 2.48. The number of aryl methyl sites for hydroxylation is 6. The van der Waals surface area contributed by atoms with Crippen LogP contribution in [0.4, 0.5) is 0 Å². The summed E-state index contributed by atoms with van der Waals surface area (Å²) >= 11 is 0. The number of rotatable bonds is 6. The third kappa shape index (κ3) is 13.4. The van der Waals surface area contributed by atoms with Crippen LogP contribution in [0.15, 0.2) is 437 Å². The van der Waals surface area contributed by atoms with Crippen molar-refractivity contribution in [2.45, 2.75) is 90.9 Å². The van der Waals surface area contributed by atoms with Crippen molar-refractivity contribution in [3.63, 3.8) is 0 Å². The Balaban J connectivity index is 0.0000000985. The van der Waals surface area contributed by atoms with Gasteiger partial charge in [0.15, 0.2) is 0 Å². The van der Waals surface area contributed by atoms with Crippen LogP contribution in [0.1, 0.15) is 128 Å². The van der Waals surface area contributed by atoms with Crippen molar-refractivity contribution in [3.8, 4) is 55.9 Å². The third-order valence-corrected chi connectivity index (χ3v) is 26.7. The molecule has 20 aromatic rings. The van der Waals surface area contributed by atoms with Gasteiger partial charge >= 0.3 is 0 Å². The largest absolute Gasteiger partial charge is 0.309 e. The zero-order chi connectivity index (χ0) is 84.9. The van der Waals surface area contributed by atoms with Crippen molar-refractivity contribution >= 4 is 43.6 Å². The van der Waals surface area contributed by atoms with E-state index in [4.69, 9.17) is 0 Å². The highest BCUT2D eigenvalue weighted by molar-refractivity contribution is 6.12. The first-order valence-electron chi connectivity index (χ1n) is 43.7. The van der Waals surface area contributed by atoms with E-state index in [2.05, 4.69) is 515 Å². The van der Waals surface area contributed by atoms with Gasteiger partial charge in [-0.2, -0.15) is 0 Å². The van der Waals surface area contributed by atoms with E-state index >= 15 is 0 Å². The maximum absolute atomic E-state index is 2.37. The molecule has 0 radical (unpaired) electrons. The summed E-state index contributed by atoms with van der Waals surface area (Å²) in [6.07, 6.45) is 0. The molecule has 124 heavy (non-hydrogen) atoms. The standard InChI is InChI=1S/2C26H20.2C19H15N.2C16H16/c1-19-11-10-17-23-22-16-8-9-18-24(22)26(25(19)23,20-12-4-2-5-13-20)21-14-6-3-7-15-21;1-19-16-17-23-22-14-8-9-15-24(22)26(25(23)18-19,20-10-4-2-5-11-20)21-12-6-3-7-13-21;1-14-8-7-12-17-16-11-5-6-13-18(16)20(19(14)17)15-9-3-2-4-10-15;1-14-8-7-13-18-19(14)16-11-5-6-12-17(16)20(18)15-9-3-2-4-10-15;1-11-7-6-9-13-12-8-4-5-10-14(12)16(2,3)15(11)13;1-11-8-9-13-12-6-4-5-7-14(12)16(2,3)15(13)10-11/h2*2-18H,1H3;2*2-13H,1H3;2*4-10H,1-3H3. The van der Waals surface area contributed by atoms with Crippen LogP contribution < -0.4 is 0 Å². The number of benzene rings is 18. The first-order chi connectivity index (χ1) is 60.6. The molecule has 2 aromatic heterocycles. The fourth-order valence-electron chi connectivity index (χ4n) is 21.3. The van der Waals surface area contributed by atoms with E-state index in [9.17, 15) is 0 Å². The number of hydrogen-bond acceptors (Lipinski definition) is 0. The summed E-state index contributed by atoms with van der Waals surface area (Å²) in [4.78, 5) is 0. The highest BCUT2D eigenvalue weighted by atomic mass is 15.0. The fourth-order valence-corrected chi connectivity index (χ4v) is 21.3. The summed E-state index contributed by atoms with van der Waals surface area (Å²) in [5, 5.41) is 5.32. The van der Waals surface area contributed by atoms with Crippen molar-refractivity contribution in [1.82, 2.24) is 9.13 Å². The van der Waals surface area contributed by atoms with Crippen molar-refractivity contribution in [2.75, 3.05) is 0 Å². The smallest absolute Gasteiger partial charge is 0.0716 e. The minimum atomic E-state index is -0.264. The molecule has 600 valence electrons. The van der Waals surface area contributed by atoms with Gasteiger partial charge in [0.25, 0.3) is 0 Å². The number of para-hydroxylation sites is 5. The molecule has 0 saturated heterocycles. The second kappa shape index (κ2) is 32.8. The summed E-state index contributed by atoms with van der Waals surface area (Å²) in [6, 6.07) is 157. The third-order valence-electron chi connectivity index (χ3n) is 26.7. The molecule has 2 nitrogen and oxygen atoms in total. The normalized spacial score (nSPS) is 13.5. The molecule has 0 aliphatic heterocycles. The first kappa shape index (κ1) is 79.4. The van der Waals surface area contributed by atoms with Gasteiger partial charge in [-0.25, -0.2) is 0 Å². The maximum atomic E-state index is 2.37. The summed E-state index contributed by atoms with van der Waals surface area (Å²) < 4.78 is 4.71. The van der Waals surface area contributed by atoms with E-state index in [-0.39, 0.29) is 21.7 Å². The molecule has 2 heterocycles. The fraction of sp³-hybridized carbons (Fsp3) is 0.115. The Kier molecular flexibility index (Phi) is 21.0. The predicted molar refractivity (Wildman–Crippen MR) is 525 cm³/mol. The maximum Gasteiger partial charge on any atom is 0.0716 e. The molecule has 18 aromatic carbocycles. The van der Waals surface area contributed by atoms with Crippen LogP contribution in [0.5, 0.6) is 0 Å². The molecule has 0 unspecified atom stereocenters. The summed E-state index contributed by atoms with van der Waals surface area (Å²) in [5.41, 5.74) is 43.1. The molecule has 24 rings (SSSR count). The van der Waals surface area contributed by atoms with E-state index in [1.807, 2.05) is 0 Å². The van der Waals surface area contributed by atoms with Crippen LogP contribution >= 0.6 is 0 Å². The average Bonchev–Trinajstić information content (AvgIpc) is 1.53. The van der Waals surface area contributed by atoms with Gasteiger partial charge in [-0.3, -0.25) is 0 Å². The van der Waals surface area contributed by atoms with Gasteiger partial charge in [0, 0.05) is 43.7 Å². The van der Waals surface area contributed by atoms with Gasteiger partial charge < -0.3 is 9.13 Å². The second-order valence-electron chi connectivity index (χ2n) is 34.8. The molecule has 0 N–H and O–H groups in total. The molecule has 0 saturated carbocycles. The van der Waals surface area contributed by atoms with Gasteiger partial charge in [-0.05, 0) is 218 Å². The lowest BCUT2D eigenvalue weighted by molar-refractivity contribution is 0.655. The second-order valence-corrected chi connectivity index (χ2v) is 34.8. The Morgan fingerprint density at radius 2 is 0.516 bits per heavy atom. The zero-order valence-corrected chi connectivity index (χ0v) is 72.5. The van der Waals surface area contributed by atoms with Crippen LogP contribution in [0.2, 0.25) is 0 Å². The summed E-state index contributed by atoms with van der Waals surface area (Å²) in [6.45, 7) is 22.5. The van der Waals surface area contributed by atoms with Crippen LogP contribution in [0.3, 0.4) is 0 Å². The molecule has 0 spiro atoms. The Morgan fingerprint density at radius 1 is 0.194 bits per heavy atom. The van der Waals surface area contributed by atoms with Gasteiger partial charge in [-0.1, -0.05) is 433 Å². The van der Waals surface area contributed by atoms with E-state index in [1.54, 1.807) is 0 Å². The number of fused-ring (bicyclic) bond motifs is 18. The molecule has 4 aliphatic rings. The lowest BCUT2D eigenvalue weighted by atomic mass is 9.67. The van der Waals surface area contributed by atoms with Crippen molar-refractivity contribution < 1.29 is 0 Å². The van der Waals surface area contributed by atoms with Gasteiger partial charge in [0.05, 0.1) is 32.9 Å². The first-order valence-corrected chi connectivity index (χ1v) is 43.7. The van der Waals surface area contributed by atoms with Crippen molar-refractivity contribution in [1.29, 1.82) is 0 Å². The molecule has 2 heteroatoms. The topological polar surface area (TPSA) is 9.86 Å². The molecule has 0 atom stereocenters. The lowest BCUT2D eigenvalue weighted by Crippen LogP contribution is -2.29. The number of nitrogens with zero attached hydrogens (tertiary/aromatic N) is 2. The van der Waals surface area contributed by atoms with Gasteiger partial charge in [0.1, 0.15) is 0 Å². The highest BCUT2D eigenvalue weighted by Crippen LogP contribution is 2.59. The van der Waals surface area contributed by atoms with E-state index in [0.717, 1.165) is 0 Å². The SMILES string of the molecule is Cc1ccc2c(c1)C(C)(C)c1ccccc1-2.Cc1ccc2c(c1)C(c1ccccc1)(c1ccccc1)c1ccccc1-2.Cc1cccc2c1C(C)(C)c1ccccc1-2.Cc1cccc2c1C(c1ccccc1)(c1ccccc1)c1ccccc1-2.Cc1cccc2c1c1ccccc1n2-c1ccccc1.Cc1cccc2c3ccccc3n(-c3ccccc3)c12. The van der Waals surface area contributed by atoms with Crippen LogP contribution in [-0.2, 0) is 21.7 Å². The number of aromatic nitrogens is 2. The molecular weight excluding hydrogens is 1490 g/mol. The van der Waals surface area contributed by atoms with Crippen LogP contribution in [0.25, 0.3) is 99.5 Å². The Morgan fingerprint density at radius 3 is 1.06 bits per heavy atom. The monoisotopic (exact) mass is 1590 g/mol. The minimum Gasteiger partial charge on any atom is -0.309 e. The minimum absolute atomic E-state index is 0.150. The quantitative estimate of drug-likeness (QED) is 0.157. The van der Waals surface area contributed by atoms with E-state index < -0.39 is 0 Å². The summed E-state index contributed by atoms with van der Waals surface area (Å²) in [5.74, 6) is 0. The molecule has 4 aliphatic carbocycles. The van der Waals surface area contributed by atoms with Gasteiger partial charge in [0.2, 0.25) is 0 Å². The zero-order valence-electron chi connectivity index (χ0n) is 72.5. The Bertz CT molecular complexity index is 7240. The molecular formula is C122H102N2. The molecule has 0 amide bonds. The van der Waals surface area contributed by atoms with Crippen molar-refractivity contribution in [3.05, 3.63) is 537 Å². The average molecular weight is 1600 g/mol.